The second kappa shape index (κ2) is 6.65. The fourth-order valence-electron chi connectivity index (χ4n) is 2.48. The van der Waals surface area contributed by atoms with Gasteiger partial charge in [0.05, 0.1) is 18.7 Å². The van der Waals surface area contributed by atoms with Gasteiger partial charge < -0.3 is 15.4 Å². The van der Waals surface area contributed by atoms with Gasteiger partial charge in [0.25, 0.3) is 5.62 Å². The Morgan fingerprint density at radius 2 is 2.14 bits per heavy atom. The number of anilines is 1. The van der Waals surface area contributed by atoms with E-state index in [0.29, 0.717) is 5.22 Å². The fourth-order valence-corrected chi connectivity index (χ4v) is 2.48. The van der Waals surface area contributed by atoms with Crippen LogP contribution in [0.15, 0.2) is 16.0 Å². The van der Waals surface area contributed by atoms with Gasteiger partial charge in [-0.25, -0.2) is 9.79 Å². The molecule has 0 aliphatic heterocycles. The van der Waals surface area contributed by atoms with Crippen LogP contribution in [0.25, 0.3) is 11.7 Å². The lowest BCUT2D eigenvalue weighted by molar-refractivity contribution is -0.131. The third-order valence-electron chi connectivity index (χ3n) is 3.95. The van der Waals surface area contributed by atoms with Crippen LogP contribution in [0.3, 0.4) is 0 Å². The fraction of sp³-hybridized carbons (Fsp3) is 0.400. The zero-order valence-corrected chi connectivity index (χ0v) is 14.3. The van der Waals surface area contributed by atoms with Gasteiger partial charge in [-0.05, 0) is 18.9 Å². The number of alkyl halides is 3. The number of H-pyrrole nitrogens is 2. The van der Waals surface area contributed by atoms with E-state index in [1.165, 1.54) is 16.8 Å². The van der Waals surface area contributed by atoms with Gasteiger partial charge >= 0.3 is 11.9 Å². The third-order valence-corrected chi connectivity index (χ3v) is 3.95. The van der Waals surface area contributed by atoms with Crippen molar-refractivity contribution in [2.24, 2.45) is 4.99 Å². The highest BCUT2D eigenvalue weighted by Gasteiger charge is 2.26. The van der Waals surface area contributed by atoms with Gasteiger partial charge in [0.2, 0.25) is 11.8 Å². The van der Waals surface area contributed by atoms with Gasteiger partial charge in [-0.1, -0.05) is 0 Å². The van der Waals surface area contributed by atoms with Crippen LogP contribution in [-0.2, 0) is 0 Å². The van der Waals surface area contributed by atoms with Gasteiger partial charge in [0.15, 0.2) is 5.65 Å². The molecule has 3 aromatic heterocycles. The molecule has 28 heavy (non-hydrogen) atoms. The number of aromatic amines is 2. The molecule has 10 nitrogen and oxygen atoms in total. The molecule has 4 N–H and O–H groups in total. The Balaban J connectivity index is 1.79. The van der Waals surface area contributed by atoms with Crippen LogP contribution in [0.2, 0.25) is 0 Å². The monoisotopic (exact) mass is 396 g/mol. The summed E-state index contributed by atoms with van der Waals surface area (Å²) in [5, 5.41) is 16.9. The van der Waals surface area contributed by atoms with E-state index in [4.69, 9.17) is 0 Å². The van der Waals surface area contributed by atoms with Crippen molar-refractivity contribution in [3.63, 3.8) is 0 Å². The summed E-state index contributed by atoms with van der Waals surface area (Å²) in [6.45, 7) is -0.387. The summed E-state index contributed by atoms with van der Waals surface area (Å²) < 4.78 is 38.5. The number of aromatic hydroxyl groups is 1. The first-order chi connectivity index (χ1) is 13.3. The number of nitrogens with zero attached hydrogens (tertiary/aromatic N) is 5. The molecule has 1 saturated carbocycles. The van der Waals surface area contributed by atoms with Crippen molar-refractivity contribution in [1.29, 1.82) is 0 Å². The van der Waals surface area contributed by atoms with Gasteiger partial charge in [0, 0.05) is 11.8 Å². The quantitative estimate of drug-likeness (QED) is 0.472. The highest BCUT2D eigenvalue weighted by atomic mass is 19.4. The molecule has 0 saturated heterocycles. The molecule has 13 heteroatoms. The number of imidazole rings is 1. The molecule has 0 radical (unpaired) electrons. The van der Waals surface area contributed by atoms with E-state index in [2.05, 4.69) is 35.3 Å². The number of nitrogens with one attached hydrogen (secondary N) is 3. The van der Waals surface area contributed by atoms with Crippen LogP contribution in [0.1, 0.15) is 25.0 Å². The van der Waals surface area contributed by atoms with Crippen molar-refractivity contribution in [2.75, 3.05) is 11.9 Å². The predicted molar refractivity (Wildman–Crippen MR) is 90.4 cm³/mol. The average molecular weight is 396 g/mol. The summed E-state index contributed by atoms with van der Waals surface area (Å²) in [4.78, 5) is 28.7. The van der Waals surface area contributed by atoms with Crippen LogP contribution >= 0.6 is 0 Å². The zero-order valence-electron chi connectivity index (χ0n) is 14.3. The molecule has 0 atom stereocenters. The van der Waals surface area contributed by atoms with E-state index >= 15 is 0 Å². The lowest BCUT2D eigenvalue weighted by atomic mass is 10.3. The smallest absolute Gasteiger partial charge is 0.390 e. The van der Waals surface area contributed by atoms with Crippen molar-refractivity contribution in [3.8, 4) is 5.88 Å². The summed E-state index contributed by atoms with van der Waals surface area (Å²) in [5.74, 6) is -0.372. The van der Waals surface area contributed by atoms with E-state index < -0.39 is 18.3 Å². The topological polar surface area (TPSA) is 136 Å². The lowest BCUT2D eigenvalue weighted by Crippen LogP contribution is -2.25. The maximum absolute atomic E-state index is 12.4. The first kappa shape index (κ1) is 18.0. The average Bonchev–Trinajstić information content (AvgIpc) is 3.23. The summed E-state index contributed by atoms with van der Waals surface area (Å²) in [7, 11) is 0. The summed E-state index contributed by atoms with van der Waals surface area (Å²) in [6, 6.07) is 0.0998. The van der Waals surface area contributed by atoms with Crippen molar-refractivity contribution < 1.29 is 18.3 Å². The van der Waals surface area contributed by atoms with Crippen LogP contribution in [-0.4, -0.2) is 53.4 Å². The second-order valence-corrected chi connectivity index (χ2v) is 6.32. The maximum atomic E-state index is 12.4. The Morgan fingerprint density at radius 1 is 1.36 bits per heavy atom. The Labute approximate surface area is 153 Å². The Hall–Kier alpha value is -3.38. The number of aromatic nitrogens is 6. The molecular formula is C15H15F3N8O2. The minimum atomic E-state index is -4.30. The standard InChI is InChI=1S/C15H15F3N8O2/c16-15(17,18)3-4-19-12-23-10-7(5-9-11(27)24-14(28)22-9)6-20-26(10)13(25-12)21-8-1-2-8/h5-6,8,27H,1-4H2,(H,19,21,25)(H2,22,24,28). The molecular weight excluding hydrogens is 381 g/mol. The lowest BCUT2D eigenvalue weighted by Gasteiger charge is -2.07. The minimum absolute atomic E-state index is 0.0157. The highest BCUT2D eigenvalue weighted by Crippen LogP contribution is 2.22. The van der Waals surface area contributed by atoms with Crippen molar-refractivity contribution in [2.45, 2.75) is 31.5 Å². The first-order valence-corrected chi connectivity index (χ1v) is 8.42. The molecule has 1 aliphatic rings. The normalized spacial score (nSPS) is 16.2. The van der Waals surface area contributed by atoms with E-state index in [1.54, 1.807) is 0 Å². The van der Waals surface area contributed by atoms with Gasteiger partial charge in [-0.15, -0.1) is 0 Å². The number of halogens is 3. The van der Waals surface area contributed by atoms with Crippen LogP contribution in [0, 0.1) is 0 Å². The number of hydrogen-bond donors (Lipinski definition) is 4. The Kier molecular flexibility index (Phi) is 4.28. The highest BCUT2D eigenvalue weighted by molar-refractivity contribution is 5.57. The Bertz CT molecular complexity index is 1190. The second-order valence-electron chi connectivity index (χ2n) is 6.32. The predicted octanol–water partition coefficient (Wildman–Crippen LogP) is -0.179. The van der Waals surface area contributed by atoms with Crippen molar-refractivity contribution in [1.82, 2.24) is 29.5 Å². The van der Waals surface area contributed by atoms with E-state index in [0.717, 1.165) is 12.8 Å². The molecule has 0 bridgehead atoms. The van der Waals surface area contributed by atoms with Gasteiger partial charge in [-0.2, -0.15) is 32.8 Å². The SMILES string of the molecule is O=c1[nH]c(O)c(C=c2cnn3c(=NC4CC4)nc(NCCC(F)(F)F)nc23)[nH]1. The third kappa shape index (κ3) is 3.97. The number of fused-ring (bicyclic) bond motifs is 1. The molecule has 0 amide bonds. The number of rotatable bonds is 5. The molecule has 148 valence electrons. The molecule has 3 aromatic rings. The van der Waals surface area contributed by atoms with Crippen molar-refractivity contribution >= 4 is 17.7 Å². The van der Waals surface area contributed by atoms with Gasteiger partial charge in [-0.3, -0.25) is 4.98 Å². The van der Waals surface area contributed by atoms with Crippen LogP contribution < -0.4 is 21.8 Å². The molecule has 0 unspecified atom stereocenters. The molecule has 1 aliphatic carbocycles. The molecule has 3 heterocycles. The summed E-state index contributed by atoms with van der Waals surface area (Å²) in [5.41, 5.74) is 0.0124. The van der Waals surface area contributed by atoms with E-state index in [1.807, 2.05) is 0 Å². The Morgan fingerprint density at radius 3 is 2.79 bits per heavy atom. The zero-order chi connectivity index (χ0) is 19.9. The number of hydrogen-bond acceptors (Lipinski definition) is 7. The van der Waals surface area contributed by atoms with E-state index in [9.17, 15) is 23.1 Å². The molecule has 1 fully saturated rings. The molecule has 4 rings (SSSR count). The molecule has 0 spiro atoms. The minimum Gasteiger partial charge on any atom is -0.493 e. The van der Waals surface area contributed by atoms with Crippen LogP contribution in [0.4, 0.5) is 19.1 Å². The largest absolute Gasteiger partial charge is 0.493 e. The van der Waals surface area contributed by atoms with Gasteiger partial charge in [0.1, 0.15) is 5.69 Å². The maximum Gasteiger partial charge on any atom is 0.390 e. The molecule has 0 aromatic carbocycles. The van der Waals surface area contributed by atoms with Crippen molar-refractivity contribution in [3.05, 3.63) is 33.2 Å². The summed E-state index contributed by atoms with van der Waals surface area (Å²) in [6.07, 6.45) is -0.663. The summed E-state index contributed by atoms with van der Waals surface area (Å²) >= 11 is 0. The van der Waals surface area contributed by atoms with Crippen LogP contribution in [0.5, 0.6) is 5.88 Å². The first-order valence-electron chi connectivity index (χ1n) is 8.42. The van der Waals surface area contributed by atoms with E-state index in [-0.39, 0.29) is 41.4 Å².